The third-order valence-corrected chi connectivity index (χ3v) is 4.02. The second-order valence-corrected chi connectivity index (χ2v) is 5.36. The monoisotopic (exact) mass is 277 g/mol. The van der Waals surface area contributed by atoms with E-state index in [2.05, 4.69) is 0 Å². The van der Waals surface area contributed by atoms with E-state index >= 15 is 0 Å². The first-order valence-electron chi connectivity index (χ1n) is 3.82. The molecule has 12 heavy (non-hydrogen) atoms. The van der Waals surface area contributed by atoms with Crippen molar-refractivity contribution in [2.45, 2.75) is 4.11 Å². The molecule has 0 aliphatic carbocycles. The molecule has 1 fully saturated rings. The van der Waals surface area contributed by atoms with Crippen LogP contribution in [-0.4, -0.2) is 15.3 Å². The van der Waals surface area contributed by atoms with Crippen LogP contribution in [0.15, 0.2) is 30.3 Å². The summed E-state index contributed by atoms with van der Waals surface area (Å²) in [5, 5.41) is 0. The van der Waals surface area contributed by atoms with Crippen LogP contribution in [0.3, 0.4) is 0 Å². The van der Waals surface area contributed by atoms with Crippen LogP contribution in [0.4, 0.5) is 0 Å². The van der Waals surface area contributed by atoms with Gasteiger partial charge in [-0.2, -0.15) is 0 Å². The summed E-state index contributed by atoms with van der Waals surface area (Å²) in [4.78, 5) is 0. The maximum absolute atomic E-state index is 5.51. The van der Waals surface area contributed by atoms with Crippen molar-refractivity contribution in [3.8, 4) is 5.75 Å². The molecule has 0 amide bonds. The van der Waals surface area contributed by atoms with E-state index in [1.165, 1.54) is 0 Å². The summed E-state index contributed by atoms with van der Waals surface area (Å²) in [6.07, 6.45) is 0. The minimum atomic E-state index is 0.280. The van der Waals surface area contributed by atoms with E-state index in [1.807, 2.05) is 30.3 Å². The summed E-state index contributed by atoms with van der Waals surface area (Å²) in [5.41, 5.74) is 0. The van der Waals surface area contributed by atoms with Crippen LogP contribution < -0.4 is 25.9 Å². The van der Waals surface area contributed by atoms with Gasteiger partial charge in [-0.05, 0) is 0 Å². The molecule has 1 aliphatic rings. The van der Waals surface area contributed by atoms with Gasteiger partial charge in [0.1, 0.15) is 0 Å². The molecule has 3 heteroatoms. The van der Waals surface area contributed by atoms with Crippen LogP contribution in [0, 0.1) is 0 Å². The summed E-state index contributed by atoms with van der Waals surface area (Å²) in [5.74, 6) is 0.942. The minimum absolute atomic E-state index is 0.280. The van der Waals surface area contributed by atoms with Gasteiger partial charge < -0.3 is 0 Å². The third kappa shape index (κ3) is 2.10. The molecule has 1 heterocycles. The van der Waals surface area contributed by atoms with E-state index in [1.54, 1.807) is 0 Å². The topological polar surface area (TPSA) is 18.5 Å². The Labute approximate surface area is 82.1 Å². The zero-order valence-electron chi connectivity index (χ0n) is 6.57. The predicted molar refractivity (Wildman–Crippen MR) is 41.7 cm³/mol. The molecular weight excluding hydrogens is 267 g/mol. The number of rotatable bonds is 3. The summed E-state index contributed by atoms with van der Waals surface area (Å²) >= 11 is 0.280. The Morgan fingerprint density at radius 2 is 2.17 bits per heavy atom. The SMILES string of the molecule is c1ccc(OCC2OC[I-]2)cc1. The molecule has 0 aromatic heterocycles. The second-order valence-electron chi connectivity index (χ2n) is 2.46. The Morgan fingerprint density at radius 1 is 1.42 bits per heavy atom. The van der Waals surface area contributed by atoms with Gasteiger partial charge in [-0.15, -0.1) is 0 Å². The molecule has 1 atom stereocenters. The van der Waals surface area contributed by atoms with Crippen LogP contribution in [-0.2, 0) is 4.74 Å². The molecule has 0 N–H and O–H groups in total. The maximum atomic E-state index is 5.51. The third-order valence-electron chi connectivity index (χ3n) is 1.60. The average Bonchev–Trinajstić information content (AvgIpc) is 2.04. The van der Waals surface area contributed by atoms with Crippen LogP contribution in [0.5, 0.6) is 5.75 Å². The summed E-state index contributed by atoms with van der Waals surface area (Å²) in [7, 11) is 0. The van der Waals surface area contributed by atoms with Crippen LogP contribution in [0.1, 0.15) is 0 Å². The molecule has 0 spiro atoms. The van der Waals surface area contributed by atoms with Gasteiger partial charge in [-0.25, -0.2) is 0 Å². The molecule has 1 aromatic carbocycles. The van der Waals surface area contributed by atoms with Gasteiger partial charge in [-0.3, -0.25) is 0 Å². The van der Waals surface area contributed by atoms with Gasteiger partial charge in [-0.1, -0.05) is 0 Å². The Bertz CT molecular complexity index is 234. The number of hydrogen-bond donors (Lipinski definition) is 0. The number of benzene rings is 1. The second kappa shape index (κ2) is 4.09. The molecule has 66 valence electrons. The molecular formula is C9H10IO2-. The van der Waals surface area contributed by atoms with Gasteiger partial charge in [0.2, 0.25) is 0 Å². The number of ether oxygens (including phenoxy) is 2. The van der Waals surface area contributed by atoms with E-state index in [9.17, 15) is 0 Å². The first-order valence-corrected chi connectivity index (χ1v) is 6.59. The van der Waals surface area contributed by atoms with E-state index < -0.39 is 0 Å². The van der Waals surface area contributed by atoms with Crippen molar-refractivity contribution in [1.82, 2.24) is 0 Å². The Kier molecular flexibility index (Phi) is 2.83. The van der Waals surface area contributed by atoms with Gasteiger partial charge in [0.25, 0.3) is 0 Å². The Hall–Kier alpha value is -0.290. The van der Waals surface area contributed by atoms with Gasteiger partial charge in [0.15, 0.2) is 0 Å². The van der Waals surface area contributed by atoms with E-state index in [-0.39, 0.29) is 21.2 Å². The zero-order valence-corrected chi connectivity index (χ0v) is 8.73. The fourth-order valence-electron chi connectivity index (χ4n) is 0.923. The molecule has 1 unspecified atom stereocenters. The average molecular weight is 277 g/mol. The fourth-order valence-corrected chi connectivity index (χ4v) is 2.23. The van der Waals surface area contributed by atoms with Crippen molar-refractivity contribution >= 4 is 0 Å². The number of alkyl halides is 2. The number of halogens is 1. The zero-order chi connectivity index (χ0) is 8.23. The van der Waals surface area contributed by atoms with E-state index in [0.717, 1.165) is 17.0 Å². The van der Waals surface area contributed by atoms with Gasteiger partial charge >= 0.3 is 82.1 Å². The van der Waals surface area contributed by atoms with Crippen molar-refractivity contribution in [1.29, 1.82) is 0 Å². The molecule has 1 aliphatic heterocycles. The standard InChI is InChI=1S/C9H10IO2/c1-2-4-8(5-3-1)11-6-9-10-7-12-9/h1-5,9H,6-7H2/q-1. The van der Waals surface area contributed by atoms with Gasteiger partial charge in [0, 0.05) is 0 Å². The summed E-state index contributed by atoms with van der Waals surface area (Å²) < 4.78 is 12.2. The molecule has 2 rings (SSSR count). The molecule has 1 saturated heterocycles. The summed E-state index contributed by atoms with van der Waals surface area (Å²) in [6.45, 7) is 0.733. The van der Waals surface area contributed by atoms with E-state index in [0.29, 0.717) is 4.11 Å². The van der Waals surface area contributed by atoms with Crippen LogP contribution in [0.25, 0.3) is 0 Å². The van der Waals surface area contributed by atoms with Gasteiger partial charge in [0.05, 0.1) is 0 Å². The fraction of sp³-hybridized carbons (Fsp3) is 0.333. The van der Waals surface area contributed by atoms with Crippen molar-refractivity contribution in [3.05, 3.63) is 30.3 Å². The molecule has 1 aromatic rings. The molecule has 0 bridgehead atoms. The van der Waals surface area contributed by atoms with E-state index in [4.69, 9.17) is 9.47 Å². The first kappa shape index (κ1) is 8.31. The quantitative estimate of drug-likeness (QED) is 0.493. The van der Waals surface area contributed by atoms with Crippen molar-refractivity contribution < 1.29 is 30.7 Å². The molecule has 0 radical (unpaired) electrons. The normalized spacial score (nSPS) is 22.2. The molecule has 0 saturated carbocycles. The summed E-state index contributed by atoms with van der Waals surface area (Å²) in [6, 6.07) is 9.88. The first-order chi connectivity index (χ1) is 5.95. The van der Waals surface area contributed by atoms with Crippen molar-refractivity contribution in [3.63, 3.8) is 0 Å². The van der Waals surface area contributed by atoms with Crippen molar-refractivity contribution in [2.24, 2.45) is 0 Å². The Morgan fingerprint density at radius 3 is 2.75 bits per heavy atom. The van der Waals surface area contributed by atoms with Crippen LogP contribution in [0.2, 0.25) is 0 Å². The number of hydrogen-bond acceptors (Lipinski definition) is 2. The Balaban J connectivity index is 1.79. The molecule has 2 nitrogen and oxygen atoms in total. The number of para-hydroxylation sites is 1. The predicted octanol–water partition coefficient (Wildman–Crippen LogP) is -1.53. The van der Waals surface area contributed by atoms with Crippen LogP contribution >= 0.6 is 0 Å². The van der Waals surface area contributed by atoms with Crippen molar-refractivity contribution in [2.75, 3.05) is 11.2 Å².